The van der Waals surface area contributed by atoms with E-state index in [0.29, 0.717) is 12.5 Å². The van der Waals surface area contributed by atoms with Gasteiger partial charge in [0.2, 0.25) is 0 Å². The third kappa shape index (κ3) is 5.94. The van der Waals surface area contributed by atoms with Crippen LogP contribution in [0.25, 0.3) is 0 Å². The lowest BCUT2D eigenvalue weighted by molar-refractivity contribution is -0.152. The first-order valence-electron chi connectivity index (χ1n) is 8.04. The summed E-state index contributed by atoms with van der Waals surface area (Å²) in [6.07, 6.45) is 10.9. The molecule has 0 bridgehead atoms. The number of ether oxygens (including phenoxy) is 1. The standard InChI is InChI=1S/C16H31NO2/c1-3-4-5-6-7-8-13-19-15(18)16(17)11-9-14(2)10-12-16/h14H,3-13,17H2,1-2H3. The fourth-order valence-corrected chi connectivity index (χ4v) is 2.67. The van der Waals surface area contributed by atoms with Crippen molar-refractivity contribution in [1.29, 1.82) is 0 Å². The van der Waals surface area contributed by atoms with E-state index in [1.165, 1.54) is 25.7 Å². The maximum absolute atomic E-state index is 12.0. The molecule has 0 aliphatic heterocycles. The van der Waals surface area contributed by atoms with Gasteiger partial charge in [0, 0.05) is 0 Å². The van der Waals surface area contributed by atoms with Crippen molar-refractivity contribution in [3.05, 3.63) is 0 Å². The van der Waals surface area contributed by atoms with Crippen LogP contribution >= 0.6 is 0 Å². The van der Waals surface area contributed by atoms with Gasteiger partial charge in [0.1, 0.15) is 5.54 Å². The third-order valence-electron chi connectivity index (χ3n) is 4.30. The van der Waals surface area contributed by atoms with E-state index in [1.807, 2.05) is 0 Å². The number of carbonyl (C=O) groups is 1. The van der Waals surface area contributed by atoms with E-state index in [2.05, 4.69) is 13.8 Å². The van der Waals surface area contributed by atoms with E-state index in [0.717, 1.165) is 38.5 Å². The minimum atomic E-state index is -0.700. The number of carbonyl (C=O) groups excluding carboxylic acids is 1. The highest BCUT2D eigenvalue weighted by atomic mass is 16.5. The predicted molar refractivity (Wildman–Crippen MR) is 78.9 cm³/mol. The van der Waals surface area contributed by atoms with Gasteiger partial charge >= 0.3 is 5.97 Å². The monoisotopic (exact) mass is 269 g/mol. The molecule has 0 heterocycles. The molecule has 0 aromatic carbocycles. The molecular weight excluding hydrogens is 238 g/mol. The van der Waals surface area contributed by atoms with Crippen molar-refractivity contribution in [2.45, 2.75) is 83.6 Å². The molecular formula is C16H31NO2. The molecule has 1 aliphatic carbocycles. The minimum absolute atomic E-state index is 0.173. The summed E-state index contributed by atoms with van der Waals surface area (Å²) in [5, 5.41) is 0. The Hall–Kier alpha value is -0.570. The number of hydrogen-bond donors (Lipinski definition) is 1. The molecule has 112 valence electrons. The molecule has 0 radical (unpaired) electrons. The van der Waals surface area contributed by atoms with Crippen molar-refractivity contribution >= 4 is 5.97 Å². The Morgan fingerprint density at radius 2 is 1.74 bits per heavy atom. The second-order valence-electron chi connectivity index (χ2n) is 6.24. The second-order valence-corrected chi connectivity index (χ2v) is 6.24. The first-order chi connectivity index (χ1) is 9.08. The van der Waals surface area contributed by atoms with E-state index < -0.39 is 5.54 Å². The van der Waals surface area contributed by atoms with Crippen molar-refractivity contribution in [3.8, 4) is 0 Å². The summed E-state index contributed by atoms with van der Waals surface area (Å²) in [5.41, 5.74) is 5.47. The van der Waals surface area contributed by atoms with Crippen molar-refractivity contribution in [2.75, 3.05) is 6.61 Å². The molecule has 1 fully saturated rings. The normalized spacial score (nSPS) is 27.2. The summed E-state index contributed by atoms with van der Waals surface area (Å²) >= 11 is 0. The molecule has 1 aliphatic rings. The van der Waals surface area contributed by atoms with Gasteiger partial charge in [-0.2, -0.15) is 0 Å². The van der Waals surface area contributed by atoms with E-state index in [-0.39, 0.29) is 5.97 Å². The summed E-state index contributed by atoms with van der Waals surface area (Å²) in [6, 6.07) is 0. The first kappa shape index (κ1) is 16.5. The lowest BCUT2D eigenvalue weighted by Gasteiger charge is -2.33. The highest BCUT2D eigenvalue weighted by molar-refractivity contribution is 5.80. The molecule has 0 atom stereocenters. The topological polar surface area (TPSA) is 52.3 Å². The maximum atomic E-state index is 12.0. The van der Waals surface area contributed by atoms with Crippen LogP contribution in [-0.4, -0.2) is 18.1 Å². The molecule has 0 aromatic heterocycles. The Balaban J connectivity index is 2.10. The lowest BCUT2D eigenvalue weighted by atomic mass is 9.78. The Morgan fingerprint density at radius 3 is 2.37 bits per heavy atom. The van der Waals surface area contributed by atoms with Gasteiger partial charge in [0.25, 0.3) is 0 Å². The average molecular weight is 269 g/mol. The Morgan fingerprint density at radius 1 is 1.16 bits per heavy atom. The lowest BCUT2D eigenvalue weighted by Crippen LogP contribution is -2.51. The zero-order valence-electron chi connectivity index (χ0n) is 12.7. The van der Waals surface area contributed by atoms with Crippen LogP contribution < -0.4 is 5.73 Å². The van der Waals surface area contributed by atoms with Crippen LogP contribution in [-0.2, 0) is 9.53 Å². The number of hydrogen-bond acceptors (Lipinski definition) is 3. The molecule has 19 heavy (non-hydrogen) atoms. The highest BCUT2D eigenvalue weighted by Crippen LogP contribution is 2.30. The van der Waals surface area contributed by atoms with E-state index in [9.17, 15) is 4.79 Å². The van der Waals surface area contributed by atoms with Gasteiger partial charge in [-0.1, -0.05) is 46.0 Å². The summed E-state index contributed by atoms with van der Waals surface area (Å²) in [6.45, 7) is 4.98. The second kappa shape index (κ2) is 8.57. The van der Waals surface area contributed by atoms with Crippen LogP contribution in [0.15, 0.2) is 0 Å². The largest absolute Gasteiger partial charge is 0.464 e. The zero-order chi connectivity index (χ0) is 14.1. The fraction of sp³-hybridized carbons (Fsp3) is 0.938. The van der Waals surface area contributed by atoms with Gasteiger partial charge in [-0.05, 0) is 38.0 Å². The van der Waals surface area contributed by atoms with Crippen LogP contribution in [0.5, 0.6) is 0 Å². The highest BCUT2D eigenvalue weighted by Gasteiger charge is 2.38. The van der Waals surface area contributed by atoms with E-state index >= 15 is 0 Å². The van der Waals surface area contributed by atoms with Crippen LogP contribution in [0.3, 0.4) is 0 Å². The van der Waals surface area contributed by atoms with Gasteiger partial charge < -0.3 is 10.5 Å². The summed E-state index contributed by atoms with van der Waals surface area (Å²) in [5.74, 6) is 0.524. The molecule has 0 unspecified atom stereocenters. The van der Waals surface area contributed by atoms with Crippen molar-refractivity contribution < 1.29 is 9.53 Å². The molecule has 1 rings (SSSR count). The van der Waals surface area contributed by atoms with Crippen LogP contribution in [0.2, 0.25) is 0 Å². The Kier molecular flexibility index (Phi) is 7.44. The fourth-order valence-electron chi connectivity index (χ4n) is 2.67. The Labute approximate surface area is 118 Å². The van der Waals surface area contributed by atoms with Gasteiger partial charge in [0.15, 0.2) is 0 Å². The van der Waals surface area contributed by atoms with E-state index in [1.54, 1.807) is 0 Å². The Bertz CT molecular complexity index is 257. The molecule has 0 saturated heterocycles. The summed E-state index contributed by atoms with van der Waals surface area (Å²) in [7, 11) is 0. The molecule has 0 spiro atoms. The SMILES string of the molecule is CCCCCCCCOC(=O)C1(N)CCC(C)CC1. The molecule has 2 N–H and O–H groups in total. The molecule has 3 nitrogen and oxygen atoms in total. The minimum Gasteiger partial charge on any atom is -0.464 e. The van der Waals surface area contributed by atoms with Gasteiger partial charge in [-0.25, -0.2) is 0 Å². The molecule has 1 saturated carbocycles. The van der Waals surface area contributed by atoms with Crippen LogP contribution in [0.4, 0.5) is 0 Å². The van der Waals surface area contributed by atoms with Crippen molar-refractivity contribution in [1.82, 2.24) is 0 Å². The number of rotatable bonds is 8. The van der Waals surface area contributed by atoms with Crippen LogP contribution in [0.1, 0.15) is 78.1 Å². The van der Waals surface area contributed by atoms with E-state index in [4.69, 9.17) is 10.5 Å². The molecule has 0 aromatic rings. The summed E-state index contributed by atoms with van der Waals surface area (Å²) < 4.78 is 5.36. The number of esters is 1. The summed E-state index contributed by atoms with van der Waals surface area (Å²) in [4.78, 5) is 12.0. The van der Waals surface area contributed by atoms with Gasteiger partial charge in [0.05, 0.1) is 6.61 Å². The zero-order valence-corrected chi connectivity index (χ0v) is 12.7. The molecule has 0 amide bonds. The first-order valence-corrected chi connectivity index (χ1v) is 8.04. The van der Waals surface area contributed by atoms with Crippen molar-refractivity contribution in [3.63, 3.8) is 0 Å². The van der Waals surface area contributed by atoms with Crippen LogP contribution in [0, 0.1) is 5.92 Å². The van der Waals surface area contributed by atoms with Gasteiger partial charge in [-0.15, -0.1) is 0 Å². The van der Waals surface area contributed by atoms with Crippen molar-refractivity contribution in [2.24, 2.45) is 11.7 Å². The quantitative estimate of drug-likeness (QED) is 0.538. The maximum Gasteiger partial charge on any atom is 0.326 e. The smallest absolute Gasteiger partial charge is 0.326 e. The third-order valence-corrected chi connectivity index (χ3v) is 4.30. The average Bonchev–Trinajstić information content (AvgIpc) is 2.41. The number of unbranched alkanes of at least 4 members (excludes halogenated alkanes) is 5. The number of nitrogens with two attached hydrogens (primary N) is 1. The predicted octanol–water partition coefficient (Wildman–Crippen LogP) is 3.80. The van der Waals surface area contributed by atoms with Gasteiger partial charge in [-0.3, -0.25) is 4.79 Å². The molecule has 3 heteroatoms.